The number of benzene rings is 1. The van der Waals surface area contributed by atoms with Gasteiger partial charge in [0.2, 0.25) is 0 Å². The van der Waals surface area contributed by atoms with E-state index in [4.69, 9.17) is 11.6 Å². The van der Waals surface area contributed by atoms with E-state index in [1.54, 1.807) is 6.07 Å². The molecule has 0 spiro atoms. The Hall–Kier alpha value is -1.33. The van der Waals surface area contributed by atoms with Crippen molar-refractivity contribution in [3.8, 4) is 0 Å². The first-order chi connectivity index (χ1) is 9.60. The molecule has 1 aromatic carbocycles. The van der Waals surface area contributed by atoms with Gasteiger partial charge in [0.25, 0.3) is 0 Å². The zero-order chi connectivity index (χ0) is 14.5. The number of carbonyl (C=O) groups excluding carboxylic acids is 1. The van der Waals surface area contributed by atoms with Gasteiger partial charge in [-0.15, -0.1) is 0 Å². The molecule has 0 radical (unpaired) electrons. The number of nitrogens with one attached hydrogen (secondary N) is 2. The third-order valence-electron chi connectivity index (χ3n) is 3.52. The fourth-order valence-corrected chi connectivity index (χ4v) is 2.54. The van der Waals surface area contributed by atoms with Crippen LogP contribution in [0.15, 0.2) is 18.2 Å². The molecule has 110 valence electrons. The van der Waals surface area contributed by atoms with Crippen molar-refractivity contribution >= 4 is 17.6 Å². The zero-order valence-corrected chi connectivity index (χ0v) is 11.8. The van der Waals surface area contributed by atoms with Crippen molar-refractivity contribution in [3.05, 3.63) is 34.6 Å². The molecule has 0 aromatic heterocycles. The van der Waals surface area contributed by atoms with Crippen LogP contribution in [-0.4, -0.2) is 23.8 Å². The van der Waals surface area contributed by atoms with Crippen molar-refractivity contribution in [1.29, 1.82) is 0 Å². The molecular formula is C14H18ClFN2O2. The second kappa shape index (κ2) is 6.90. The van der Waals surface area contributed by atoms with E-state index in [-0.39, 0.29) is 23.7 Å². The van der Waals surface area contributed by atoms with E-state index in [2.05, 4.69) is 10.6 Å². The molecule has 6 heteroatoms. The molecule has 0 bridgehead atoms. The number of hydrogen-bond donors (Lipinski definition) is 3. The van der Waals surface area contributed by atoms with Crippen LogP contribution in [0.1, 0.15) is 37.3 Å². The lowest BCUT2D eigenvalue weighted by atomic mass is 10.1. The predicted molar refractivity (Wildman–Crippen MR) is 75.2 cm³/mol. The maximum Gasteiger partial charge on any atom is 0.315 e. The third kappa shape index (κ3) is 3.84. The lowest BCUT2D eigenvalue weighted by Crippen LogP contribution is -2.43. The van der Waals surface area contributed by atoms with Crippen LogP contribution >= 0.6 is 11.6 Å². The minimum Gasteiger partial charge on any atom is -0.394 e. The average Bonchev–Trinajstić information content (AvgIpc) is 2.92. The molecule has 0 aliphatic heterocycles. The maximum absolute atomic E-state index is 13.4. The lowest BCUT2D eigenvalue weighted by Gasteiger charge is -2.19. The summed E-state index contributed by atoms with van der Waals surface area (Å²) in [5.74, 6) is -0.569. The normalized spacial score (nSPS) is 16.9. The van der Waals surface area contributed by atoms with Gasteiger partial charge in [0.05, 0.1) is 17.7 Å². The van der Waals surface area contributed by atoms with Crippen molar-refractivity contribution in [1.82, 2.24) is 10.6 Å². The Labute approximate surface area is 122 Å². The largest absolute Gasteiger partial charge is 0.394 e. The molecule has 4 nitrogen and oxygen atoms in total. The smallest absolute Gasteiger partial charge is 0.315 e. The van der Waals surface area contributed by atoms with E-state index in [1.807, 2.05) is 0 Å². The van der Waals surface area contributed by atoms with Crippen molar-refractivity contribution in [2.75, 3.05) is 6.61 Å². The molecule has 0 heterocycles. The standard InChI is InChI=1S/C14H18ClFN2O2/c15-11-6-5-9(7-12(11)16)13(8-19)18-14(20)17-10-3-1-2-4-10/h5-7,10,13,19H,1-4,8H2,(H2,17,18,20). The van der Waals surface area contributed by atoms with E-state index in [0.29, 0.717) is 5.56 Å². The first-order valence-electron chi connectivity index (χ1n) is 6.73. The van der Waals surface area contributed by atoms with Crippen molar-refractivity contribution in [2.45, 2.75) is 37.8 Å². The molecule has 3 N–H and O–H groups in total. The highest BCUT2D eigenvalue weighted by atomic mass is 35.5. The summed E-state index contributed by atoms with van der Waals surface area (Å²) in [6.45, 7) is -0.306. The van der Waals surface area contributed by atoms with Gasteiger partial charge in [-0.25, -0.2) is 9.18 Å². The summed E-state index contributed by atoms with van der Waals surface area (Å²) in [7, 11) is 0. The second-order valence-electron chi connectivity index (χ2n) is 5.01. The number of urea groups is 1. The highest BCUT2D eigenvalue weighted by Gasteiger charge is 2.20. The van der Waals surface area contributed by atoms with Crippen LogP contribution in [0, 0.1) is 5.82 Å². The summed E-state index contributed by atoms with van der Waals surface area (Å²) in [4.78, 5) is 11.8. The summed E-state index contributed by atoms with van der Waals surface area (Å²) >= 11 is 5.61. The summed E-state index contributed by atoms with van der Waals surface area (Å²) < 4.78 is 13.4. The third-order valence-corrected chi connectivity index (χ3v) is 3.83. The number of halogens is 2. The highest BCUT2D eigenvalue weighted by molar-refractivity contribution is 6.30. The van der Waals surface area contributed by atoms with E-state index in [9.17, 15) is 14.3 Å². The molecule has 1 saturated carbocycles. The molecule has 1 fully saturated rings. The van der Waals surface area contributed by atoms with Crippen LogP contribution in [0.3, 0.4) is 0 Å². The Kier molecular flexibility index (Phi) is 5.20. The number of amides is 2. The van der Waals surface area contributed by atoms with E-state index in [1.165, 1.54) is 12.1 Å². The quantitative estimate of drug-likeness (QED) is 0.801. The number of rotatable bonds is 4. The van der Waals surface area contributed by atoms with Gasteiger partial charge in [-0.05, 0) is 30.5 Å². The second-order valence-corrected chi connectivity index (χ2v) is 5.42. The van der Waals surface area contributed by atoms with Crippen LogP contribution in [0.4, 0.5) is 9.18 Å². The Bertz CT molecular complexity index is 478. The van der Waals surface area contributed by atoms with Crippen molar-refractivity contribution < 1.29 is 14.3 Å². The molecule has 1 atom stereocenters. The van der Waals surface area contributed by atoms with Gasteiger partial charge in [0.1, 0.15) is 5.82 Å². The summed E-state index contributed by atoms with van der Waals surface area (Å²) in [6.07, 6.45) is 4.20. The van der Waals surface area contributed by atoms with E-state index < -0.39 is 11.9 Å². The fraction of sp³-hybridized carbons (Fsp3) is 0.500. The Morgan fingerprint density at radius 1 is 1.45 bits per heavy atom. The number of carbonyl (C=O) groups is 1. The molecule has 2 amide bonds. The minimum absolute atomic E-state index is 0.0147. The molecule has 0 saturated heterocycles. The van der Waals surface area contributed by atoms with Gasteiger partial charge < -0.3 is 15.7 Å². The van der Waals surface area contributed by atoms with Crippen molar-refractivity contribution in [2.24, 2.45) is 0 Å². The topological polar surface area (TPSA) is 61.4 Å². The van der Waals surface area contributed by atoms with Crippen LogP contribution in [0.25, 0.3) is 0 Å². The highest BCUT2D eigenvalue weighted by Crippen LogP contribution is 2.21. The van der Waals surface area contributed by atoms with Crippen molar-refractivity contribution in [3.63, 3.8) is 0 Å². The van der Waals surface area contributed by atoms with Crippen LogP contribution < -0.4 is 10.6 Å². The number of aliphatic hydroxyl groups is 1. The maximum atomic E-state index is 13.4. The minimum atomic E-state index is -0.650. The Balaban J connectivity index is 1.96. The summed E-state index contributed by atoms with van der Waals surface area (Å²) in [5, 5.41) is 14.9. The zero-order valence-electron chi connectivity index (χ0n) is 11.0. The molecule has 1 unspecified atom stereocenters. The molecule has 2 rings (SSSR count). The first kappa shape index (κ1) is 15.1. The van der Waals surface area contributed by atoms with Gasteiger partial charge in [0.15, 0.2) is 0 Å². The summed E-state index contributed by atoms with van der Waals surface area (Å²) in [5.41, 5.74) is 0.482. The monoisotopic (exact) mass is 300 g/mol. The Morgan fingerprint density at radius 2 is 2.15 bits per heavy atom. The number of aliphatic hydroxyl groups excluding tert-OH is 1. The van der Waals surface area contributed by atoms with E-state index in [0.717, 1.165) is 25.7 Å². The van der Waals surface area contributed by atoms with Gasteiger partial charge in [-0.3, -0.25) is 0 Å². The van der Waals surface area contributed by atoms with Gasteiger partial charge in [-0.1, -0.05) is 30.5 Å². The molecule has 1 aliphatic rings. The van der Waals surface area contributed by atoms with Crippen LogP contribution in [-0.2, 0) is 0 Å². The average molecular weight is 301 g/mol. The fourth-order valence-electron chi connectivity index (χ4n) is 2.42. The summed E-state index contributed by atoms with van der Waals surface area (Å²) in [6, 6.07) is 3.41. The van der Waals surface area contributed by atoms with Crippen LogP contribution in [0.5, 0.6) is 0 Å². The first-order valence-corrected chi connectivity index (χ1v) is 7.11. The lowest BCUT2D eigenvalue weighted by molar-refractivity contribution is 0.214. The molecule has 1 aliphatic carbocycles. The predicted octanol–water partition coefficient (Wildman–Crippen LogP) is 2.75. The molecule has 20 heavy (non-hydrogen) atoms. The van der Waals surface area contributed by atoms with Gasteiger partial charge in [0, 0.05) is 6.04 Å². The Morgan fingerprint density at radius 3 is 2.75 bits per heavy atom. The van der Waals surface area contributed by atoms with Crippen LogP contribution in [0.2, 0.25) is 5.02 Å². The molecule has 1 aromatic rings. The SMILES string of the molecule is O=C(NC1CCCC1)NC(CO)c1ccc(Cl)c(F)c1. The number of hydrogen-bond acceptors (Lipinski definition) is 2. The van der Waals surface area contributed by atoms with E-state index >= 15 is 0 Å². The molecular weight excluding hydrogens is 283 g/mol. The van der Waals surface area contributed by atoms with Gasteiger partial charge in [-0.2, -0.15) is 0 Å². The van der Waals surface area contributed by atoms with Gasteiger partial charge >= 0.3 is 6.03 Å².